The van der Waals surface area contributed by atoms with Gasteiger partial charge in [-0.3, -0.25) is 0 Å². The van der Waals surface area contributed by atoms with Crippen LogP contribution in [0.4, 0.5) is 15.9 Å². The fourth-order valence-corrected chi connectivity index (χ4v) is 1.25. The van der Waals surface area contributed by atoms with Crippen LogP contribution in [0.15, 0.2) is 24.5 Å². The standard InChI is InChI=1S/C11H11FN4O/c1-6-10(14)15-5-16-11(6)17-9-3-2-7(13)4-8(9)12/h2-5H,13H2,1H3,(H2,14,15,16). The summed E-state index contributed by atoms with van der Waals surface area (Å²) in [6.07, 6.45) is 1.26. The normalized spacial score (nSPS) is 10.2. The summed E-state index contributed by atoms with van der Waals surface area (Å²) < 4.78 is 18.8. The minimum Gasteiger partial charge on any atom is -0.435 e. The average Bonchev–Trinajstić information content (AvgIpc) is 2.28. The Kier molecular flexibility index (Phi) is 2.78. The Balaban J connectivity index is 2.35. The molecule has 1 heterocycles. The van der Waals surface area contributed by atoms with Crippen LogP contribution in [0.5, 0.6) is 11.6 Å². The minimum atomic E-state index is -0.554. The summed E-state index contributed by atoms with van der Waals surface area (Å²) in [4.78, 5) is 7.68. The van der Waals surface area contributed by atoms with E-state index in [4.69, 9.17) is 16.2 Å². The first kappa shape index (κ1) is 11.1. The molecule has 88 valence electrons. The molecule has 1 aromatic carbocycles. The van der Waals surface area contributed by atoms with E-state index in [-0.39, 0.29) is 11.6 Å². The Morgan fingerprint density at radius 2 is 2.00 bits per heavy atom. The van der Waals surface area contributed by atoms with Crippen molar-refractivity contribution in [2.75, 3.05) is 11.5 Å². The molecule has 0 aliphatic carbocycles. The number of rotatable bonds is 2. The third-order valence-corrected chi connectivity index (χ3v) is 2.24. The zero-order chi connectivity index (χ0) is 12.4. The van der Waals surface area contributed by atoms with E-state index in [0.29, 0.717) is 17.1 Å². The molecule has 0 saturated heterocycles. The molecule has 0 fully saturated rings. The Bertz CT molecular complexity index is 559. The van der Waals surface area contributed by atoms with Crippen LogP contribution in [-0.4, -0.2) is 9.97 Å². The highest BCUT2D eigenvalue weighted by atomic mass is 19.1. The second-order valence-corrected chi connectivity index (χ2v) is 3.48. The largest absolute Gasteiger partial charge is 0.435 e. The van der Waals surface area contributed by atoms with Gasteiger partial charge in [-0.05, 0) is 19.1 Å². The number of aromatic nitrogens is 2. The van der Waals surface area contributed by atoms with E-state index in [1.54, 1.807) is 6.92 Å². The SMILES string of the molecule is Cc1c(N)ncnc1Oc1ccc(N)cc1F. The molecule has 0 atom stereocenters. The number of ether oxygens (including phenoxy) is 1. The van der Waals surface area contributed by atoms with Crippen molar-refractivity contribution in [1.29, 1.82) is 0 Å². The van der Waals surface area contributed by atoms with Crippen LogP contribution in [0.1, 0.15) is 5.56 Å². The Morgan fingerprint density at radius 3 is 2.71 bits per heavy atom. The molecule has 2 aromatic rings. The molecule has 0 spiro atoms. The third-order valence-electron chi connectivity index (χ3n) is 2.24. The maximum atomic E-state index is 13.5. The van der Waals surface area contributed by atoms with Crippen LogP contribution in [0.3, 0.4) is 0 Å². The molecule has 5 nitrogen and oxygen atoms in total. The van der Waals surface area contributed by atoms with Crippen molar-refractivity contribution < 1.29 is 9.13 Å². The summed E-state index contributed by atoms with van der Waals surface area (Å²) in [7, 11) is 0. The quantitative estimate of drug-likeness (QED) is 0.774. The molecular formula is C11H11FN4O. The smallest absolute Gasteiger partial charge is 0.227 e. The zero-order valence-electron chi connectivity index (χ0n) is 9.14. The van der Waals surface area contributed by atoms with Gasteiger partial charge in [0.15, 0.2) is 11.6 Å². The number of nitrogens with zero attached hydrogens (tertiary/aromatic N) is 2. The highest BCUT2D eigenvalue weighted by molar-refractivity contribution is 5.47. The van der Waals surface area contributed by atoms with Crippen molar-refractivity contribution in [3.63, 3.8) is 0 Å². The highest BCUT2D eigenvalue weighted by Crippen LogP contribution is 2.27. The molecule has 0 saturated carbocycles. The highest BCUT2D eigenvalue weighted by Gasteiger charge is 2.10. The van der Waals surface area contributed by atoms with Gasteiger partial charge in [-0.15, -0.1) is 0 Å². The molecule has 1 aromatic heterocycles. The summed E-state index contributed by atoms with van der Waals surface area (Å²) in [5.41, 5.74) is 11.9. The van der Waals surface area contributed by atoms with Gasteiger partial charge < -0.3 is 16.2 Å². The van der Waals surface area contributed by atoms with Gasteiger partial charge in [0.25, 0.3) is 0 Å². The molecule has 4 N–H and O–H groups in total. The van der Waals surface area contributed by atoms with Crippen molar-refractivity contribution in [1.82, 2.24) is 9.97 Å². The number of anilines is 2. The zero-order valence-corrected chi connectivity index (χ0v) is 9.14. The monoisotopic (exact) mass is 234 g/mol. The van der Waals surface area contributed by atoms with Crippen LogP contribution in [0, 0.1) is 12.7 Å². The fourth-order valence-electron chi connectivity index (χ4n) is 1.25. The maximum absolute atomic E-state index is 13.5. The lowest BCUT2D eigenvalue weighted by Crippen LogP contribution is -2.00. The number of halogens is 1. The van der Waals surface area contributed by atoms with Crippen LogP contribution >= 0.6 is 0 Å². The van der Waals surface area contributed by atoms with E-state index in [9.17, 15) is 4.39 Å². The molecule has 0 bridgehead atoms. The van der Waals surface area contributed by atoms with E-state index < -0.39 is 5.82 Å². The first-order valence-corrected chi connectivity index (χ1v) is 4.88. The molecule has 0 unspecified atom stereocenters. The number of hydrogen-bond acceptors (Lipinski definition) is 5. The van der Waals surface area contributed by atoms with Crippen LogP contribution in [-0.2, 0) is 0 Å². The lowest BCUT2D eigenvalue weighted by Gasteiger charge is -2.09. The number of hydrogen-bond donors (Lipinski definition) is 2. The molecule has 0 aliphatic heterocycles. The summed E-state index contributed by atoms with van der Waals surface area (Å²) in [5, 5.41) is 0. The van der Waals surface area contributed by atoms with Crippen molar-refractivity contribution >= 4 is 11.5 Å². The van der Waals surface area contributed by atoms with E-state index in [1.165, 1.54) is 24.5 Å². The summed E-state index contributed by atoms with van der Waals surface area (Å²) in [6.45, 7) is 1.69. The number of benzene rings is 1. The maximum Gasteiger partial charge on any atom is 0.227 e. The predicted molar refractivity (Wildman–Crippen MR) is 62.1 cm³/mol. The van der Waals surface area contributed by atoms with E-state index in [0.717, 1.165) is 0 Å². The van der Waals surface area contributed by atoms with Crippen molar-refractivity contribution in [3.8, 4) is 11.6 Å². The first-order valence-electron chi connectivity index (χ1n) is 4.88. The van der Waals surface area contributed by atoms with Crippen LogP contribution < -0.4 is 16.2 Å². The summed E-state index contributed by atoms with van der Waals surface area (Å²) in [5.74, 6) is 0.00834. The van der Waals surface area contributed by atoms with Crippen molar-refractivity contribution in [2.24, 2.45) is 0 Å². The number of nitrogen functional groups attached to an aromatic ring is 2. The summed E-state index contributed by atoms with van der Waals surface area (Å²) >= 11 is 0. The van der Waals surface area contributed by atoms with Crippen LogP contribution in [0.25, 0.3) is 0 Å². The van der Waals surface area contributed by atoms with Gasteiger partial charge in [0.1, 0.15) is 12.1 Å². The van der Waals surface area contributed by atoms with Gasteiger partial charge in [-0.1, -0.05) is 0 Å². The molecule has 0 radical (unpaired) electrons. The average molecular weight is 234 g/mol. The van der Waals surface area contributed by atoms with E-state index in [2.05, 4.69) is 9.97 Å². The molecule has 6 heteroatoms. The van der Waals surface area contributed by atoms with Gasteiger partial charge >= 0.3 is 0 Å². The molecular weight excluding hydrogens is 223 g/mol. The summed E-state index contributed by atoms with van der Waals surface area (Å²) in [6, 6.07) is 4.15. The lowest BCUT2D eigenvalue weighted by atomic mass is 10.3. The lowest BCUT2D eigenvalue weighted by molar-refractivity contribution is 0.424. The third kappa shape index (κ3) is 2.25. The Morgan fingerprint density at radius 1 is 1.24 bits per heavy atom. The first-order chi connectivity index (χ1) is 8.08. The Labute approximate surface area is 97.3 Å². The predicted octanol–water partition coefficient (Wildman–Crippen LogP) is 1.88. The molecule has 0 amide bonds. The van der Waals surface area contributed by atoms with E-state index in [1.807, 2.05) is 0 Å². The fraction of sp³-hybridized carbons (Fsp3) is 0.0909. The van der Waals surface area contributed by atoms with Gasteiger partial charge in [-0.25, -0.2) is 14.4 Å². The van der Waals surface area contributed by atoms with Gasteiger partial charge in [0, 0.05) is 11.8 Å². The topological polar surface area (TPSA) is 87.0 Å². The molecule has 2 rings (SSSR count). The minimum absolute atomic E-state index is 0.0420. The van der Waals surface area contributed by atoms with Crippen LogP contribution in [0.2, 0.25) is 0 Å². The molecule has 17 heavy (non-hydrogen) atoms. The van der Waals surface area contributed by atoms with Gasteiger partial charge in [0.2, 0.25) is 5.88 Å². The van der Waals surface area contributed by atoms with Gasteiger partial charge in [-0.2, -0.15) is 0 Å². The van der Waals surface area contributed by atoms with Gasteiger partial charge in [0.05, 0.1) is 5.56 Å². The molecule has 0 aliphatic rings. The van der Waals surface area contributed by atoms with Crippen molar-refractivity contribution in [3.05, 3.63) is 35.9 Å². The Hall–Kier alpha value is -2.37. The van der Waals surface area contributed by atoms with E-state index >= 15 is 0 Å². The second kappa shape index (κ2) is 4.25. The van der Waals surface area contributed by atoms with Crippen molar-refractivity contribution in [2.45, 2.75) is 6.92 Å². The second-order valence-electron chi connectivity index (χ2n) is 3.48. The number of nitrogens with two attached hydrogens (primary N) is 2.